The van der Waals surface area contributed by atoms with E-state index in [1.165, 1.54) is 50.5 Å². The average molecular weight is 373 g/mol. The van der Waals surface area contributed by atoms with Crippen molar-refractivity contribution in [2.24, 2.45) is 5.41 Å². The minimum Gasteiger partial charge on any atom is -0.382 e. The zero-order valence-corrected chi connectivity index (χ0v) is 18.1. The molecule has 0 fully saturated rings. The van der Waals surface area contributed by atoms with E-state index in [4.69, 9.17) is 9.47 Å². The van der Waals surface area contributed by atoms with Crippen molar-refractivity contribution in [3.63, 3.8) is 0 Å². The Kier molecular flexibility index (Phi) is 12.9. The van der Waals surface area contributed by atoms with Crippen LogP contribution in [-0.2, 0) is 15.9 Å². The molecule has 0 aliphatic heterocycles. The summed E-state index contributed by atoms with van der Waals surface area (Å²) in [7, 11) is 0. The normalized spacial score (nSPS) is 11.3. The predicted octanol–water partition coefficient (Wildman–Crippen LogP) is 6.41. The Hall–Kier alpha value is -1.30. The van der Waals surface area contributed by atoms with E-state index >= 15 is 0 Å². The molecule has 0 N–H and O–H groups in total. The maximum atomic E-state index is 5.62. The molecule has 0 spiro atoms. The van der Waals surface area contributed by atoms with Gasteiger partial charge in [0.2, 0.25) is 0 Å². The van der Waals surface area contributed by atoms with Crippen LogP contribution < -0.4 is 0 Å². The van der Waals surface area contributed by atoms with E-state index in [2.05, 4.69) is 56.9 Å². The van der Waals surface area contributed by atoms with Gasteiger partial charge in [-0.25, -0.2) is 0 Å². The lowest BCUT2D eigenvalue weighted by Gasteiger charge is -2.07. The second-order valence-corrected chi connectivity index (χ2v) is 8.23. The summed E-state index contributed by atoms with van der Waals surface area (Å²) in [5, 5.41) is 0. The minimum atomic E-state index is 0.0639. The van der Waals surface area contributed by atoms with Crippen molar-refractivity contribution in [2.75, 3.05) is 26.4 Å². The van der Waals surface area contributed by atoms with E-state index < -0.39 is 0 Å². The quantitative estimate of drug-likeness (QED) is 0.277. The van der Waals surface area contributed by atoms with Gasteiger partial charge in [0, 0.05) is 37.4 Å². The zero-order valence-electron chi connectivity index (χ0n) is 18.1. The molecule has 0 unspecified atom stereocenters. The van der Waals surface area contributed by atoms with Crippen LogP contribution in [0.5, 0.6) is 0 Å². The number of rotatable bonds is 14. The van der Waals surface area contributed by atoms with Crippen molar-refractivity contribution in [3.05, 3.63) is 35.4 Å². The molecule has 0 aliphatic rings. The van der Waals surface area contributed by atoms with Gasteiger partial charge in [0.25, 0.3) is 0 Å². The highest BCUT2D eigenvalue weighted by atomic mass is 16.5. The van der Waals surface area contributed by atoms with E-state index in [-0.39, 0.29) is 5.41 Å². The third-order valence-corrected chi connectivity index (χ3v) is 4.32. The molecule has 152 valence electrons. The molecule has 1 rings (SSSR count). The van der Waals surface area contributed by atoms with Crippen LogP contribution in [0.3, 0.4) is 0 Å². The Morgan fingerprint density at radius 1 is 0.741 bits per heavy atom. The van der Waals surface area contributed by atoms with Crippen molar-refractivity contribution in [1.82, 2.24) is 0 Å². The van der Waals surface area contributed by atoms with Crippen molar-refractivity contribution in [3.8, 4) is 11.8 Å². The summed E-state index contributed by atoms with van der Waals surface area (Å²) in [4.78, 5) is 0. The van der Waals surface area contributed by atoms with Gasteiger partial charge in [-0.15, -0.1) is 0 Å². The van der Waals surface area contributed by atoms with Gasteiger partial charge in [0.05, 0.1) is 0 Å². The first-order valence-electron chi connectivity index (χ1n) is 10.8. The fourth-order valence-electron chi connectivity index (χ4n) is 2.76. The monoisotopic (exact) mass is 372 g/mol. The highest BCUT2D eigenvalue weighted by Gasteiger charge is 2.03. The van der Waals surface area contributed by atoms with Crippen LogP contribution in [0.2, 0.25) is 0 Å². The van der Waals surface area contributed by atoms with Gasteiger partial charge in [-0.1, -0.05) is 49.7 Å². The van der Waals surface area contributed by atoms with E-state index in [1.54, 1.807) is 0 Å². The zero-order chi connectivity index (χ0) is 19.8. The molecular weight excluding hydrogens is 332 g/mol. The number of hydrogen-bond acceptors (Lipinski definition) is 2. The molecule has 0 saturated carbocycles. The van der Waals surface area contributed by atoms with Gasteiger partial charge in [-0.3, -0.25) is 0 Å². The number of ether oxygens (including phenoxy) is 2. The van der Waals surface area contributed by atoms with Crippen LogP contribution in [0.4, 0.5) is 0 Å². The van der Waals surface area contributed by atoms with Crippen molar-refractivity contribution >= 4 is 0 Å². The average Bonchev–Trinajstić information content (AvgIpc) is 2.64. The summed E-state index contributed by atoms with van der Waals surface area (Å²) < 4.78 is 10.9. The highest BCUT2D eigenvalue weighted by molar-refractivity contribution is 5.37. The van der Waals surface area contributed by atoms with E-state index in [0.717, 1.165) is 38.4 Å². The Morgan fingerprint density at radius 3 is 2.00 bits per heavy atom. The number of hydrogen-bond donors (Lipinski definition) is 0. The number of unbranched alkanes of at least 4 members (excludes halogenated alkanes) is 5. The first-order valence-corrected chi connectivity index (χ1v) is 10.8. The summed E-state index contributed by atoms with van der Waals surface area (Å²) in [5.74, 6) is 6.55. The highest BCUT2D eigenvalue weighted by Crippen LogP contribution is 2.13. The van der Waals surface area contributed by atoms with E-state index in [0.29, 0.717) is 0 Å². The van der Waals surface area contributed by atoms with Crippen molar-refractivity contribution in [2.45, 2.75) is 79.1 Å². The Bertz CT molecular complexity index is 528. The molecule has 1 aromatic carbocycles. The Balaban J connectivity index is 1.98. The lowest BCUT2D eigenvalue weighted by atomic mass is 9.97. The van der Waals surface area contributed by atoms with E-state index in [9.17, 15) is 0 Å². The summed E-state index contributed by atoms with van der Waals surface area (Å²) in [6, 6.07) is 8.77. The van der Waals surface area contributed by atoms with Gasteiger partial charge in [0.1, 0.15) is 0 Å². The van der Waals surface area contributed by atoms with Gasteiger partial charge < -0.3 is 9.47 Å². The van der Waals surface area contributed by atoms with Crippen LogP contribution in [0.1, 0.15) is 83.8 Å². The second kappa shape index (κ2) is 14.7. The SMILES string of the molecule is CCOCCCOCCCCCCCCc1ccc(C#CC(C)(C)C)cc1. The molecule has 27 heavy (non-hydrogen) atoms. The van der Waals surface area contributed by atoms with Gasteiger partial charge in [-0.05, 0) is 71.1 Å². The minimum absolute atomic E-state index is 0.0639. The Morgan fingerprint density at radius 2 is 1.33 bits per heavy atom. The third kappa shape index (κ3) is 14.4. The smallest absolute Gasteiger partial charge is 0.0487 e. The van der Waals surface area contributed by atoms with Crippen LogP contribution in [-0.4, -0.2) is 26.4 Å². The molecule has 2 heteroatoms. The van der Waals surface area contributed by atoms with Gasteiger partial charge in [-0.2, -0.15) is 0 Å². The van der Waals surface area contributed by atoms with Crippen LogP contribution in [0.25, 0.3) is 0 Å². The first-order chi connectivity index (χ1) is 13.0. The van der Waals surface area contributed by atoms with E-state index in [1.807, 2.05) is 6.92 Å². The van der Waals surface area contributed by atoms with Gasteiger partial charge >= 0.3 is 0 Å². The molecule has 0 amide bonds. The lowest BCUT2D eigenvalue weighted by molar-refractivity contribution is 0.0860. The molecule has 0 radical (unpaired) electrons. The summed E-state index contributed by atoms with van der Waals surface area (Å²) >= 11 is 0. The fraction of sp³-hybridized carbons (Fsp3) is 0.680. The maximum Gasteiger partial charge on any atom is 0.0487 e. The lowest BCUT2D eigenvalue weighted by Crippen LogP contribution is -2.01. The second-order valence-electron chi connectivity index (χ2n) is 8.23. The summed E-state index contributed by atoms with van der Waals surface area (Å²) in [6.07, 6.45) is 9.91. The predicted molar refractivity (Wildman–Crippen MR) is 116 cm³/mol. The van der Waals surface area contributed by atoms with Crippen LogP contribution in [0, 0.1) is 17.3 Å². The third-order valence-electron chi connectivity index (χ3n) is 4.32. The van der Waals surface area contributed by atoms with Crippen molar-refractivity contribution in [1.29, 1.82) is 0 Å². The topological polar surface area (TPSA) is 18.5 Å². The van der Waals surface area contributed by atoms with Gasteiger partial charge in [0.15, 0.2) is 0 Å². The summed E-state index contributed by atoms with van der Waals surface area (Å²) in [5.41, 5.74) is 2.61. The fourth-order valence-corrected chi connectivity index (χ4v) is 2.76. The first kappa shape index (κ1) is 23.7. The molecule has 0 bridgehead atoms. The molecule has 0 aliphatic carbocycles. The number of aryl methyl sites for hydroxylation is 1. The molecular formula is C25H40O2. The van der Waals surface area contributed by atoms with Crippen LogP contribution in [0.15, 0.2) is 24.3 Å². The standard InChI is InChI=1S/C25H40O2/c1-5-26-21-12-22-27-20-11-9-7-6-8-10-13-23-14-16-24(17-15-23)18-19-25(2,3)4/h14-17H,5-13,20-22H2,1-4H3. The molecule has 0 aromatic heterocycles. The molecule has 0 atom stereocenters. The Labute approximate surface area is 168 Å². The van der Waals surface area contributed by atoms with Crippen LogP contribution >= 0.6 is 0 Å². The maximum absolute atomic E-state index is 5.62. The van der Waals surface area contributed by atoms with Crippen molar-refractivity contribution < 1.29 is 9.47 Å². The number of benzene rings is 1. The molecule has 0 heterocycles. The molecule has 2 nitrogen and oxygen atoms in total. The molecule has 0 saturated heterocycles. The molecule has 1 aromatic rings. The summed E-state index contributed by atoms with van der Waals surface area (Å²) in [6.45, 7) is 11.8. The largest absolute Gasteiger partial charge is 0.382 e.